The highest BCUT2D eigenvalue weighted by Crippen LogP contribution is 2.32. The van der Waals surface area contributed by atoms with Crippen LogP contribution in [0.1, 0.15) is 37.7 Å². The largest absolute Gasteiger partial charge is 0.397 e. The van der Waals surface area contributed by atoms with Crippen LogP contribution in [0.15, 0.2) is 16.6 Å². The lowest BCUT2D eigenvalue weighted by atomic mass is 9.91. The van der Waals surface area contributed by atoms with Crippen LogP contribution >= 0.6 is 15.9 Å². The molecule has 112 valence electrons. The number of sulfonamides is 1. The molecule has 0 aromatic heterocycles. The van der Waals surface area contributed by atoms with Crippen LogP contribution in [0.4, 0.5) is 11.4 Å². The zero-order valence-electron chi connectivity index (χ0n) is 11.7. The molecular formula is C14H21BrN2O2S. The van der Waals surface area contributed by atoms with E-state index in [1.807, 2.05) is 13.0 Å². The van der Waals surface area contributed by atoms with Crippen LogP contribution in [-0.4, -0.2) is 14.2 Å². The maximum Gasteiger partial charge on any atom is 0.233 e. The zero-order chi connectivity index (χ0) is 14.8. The van der Waals surface area contributed by atoms with E-state index in [9.17, 15) is 8.42 Å². The number of halogens is 1. The predicted octanol–water partition coefficient (Wildman–Crippen LogP) is 3.66. The Hall–Kier alpha value is -0.750. The minimum absolute atomic E-state index is 0.187. The molecule has 0 saturated heterocycles. The highest BCUT2D eigenvalue weighted by molar-refractivity contribution is 9.10. The summed E-state index contributed by atoms with van der Waals surface area (Å²) in [6.07, 6.45) is 5.50. The lowest BCUT2D eigenvalue weighted by Gasteiger charge is -2.22. The second-order valence-electron chi connectivity index (χ2n) is 5.60. The third-order valence-corrected chi connectivity index (χ3v) is 5.75. The topological polar surface area (TPSA) is 72.2 Å². The fourth-order valence-electron chi connectivity index (χ4n) is 2.74. The van der Waals surface area contributed by atoms with Gasteiger partial charge in [-0.15, -0.1) is 0 Å². The summed E-state index contributed by atoms with van der Waals surface area (Å²) in [7, 11) is -3.35. The molecule has 0 spiro atoms. The van der Waals surface area contributed by atoms with Gasteiger partial charge >= 0.3 is 0 Å². The Labute approximate surface area is 129 Å². The van der Waals surface area contributed by atoms with Gasteiger partial charge in [-0.05, 0) is 59.3 Å². The molecular weight excluding hydrogens is 340 g/mol. The Balaban J connectivity index is 2.11. The number of aryl methyl sites for hydroxylation is 1. The summed E-state index contributed by atoms with van der Waals surface area (Å²) in [6, 6.07) is 3.62. The van der Waals surface area contributed by atoms with Crippen LogP contribution < -0.4 is 10.5 Å². The lowest BCUT2D eigenvalue weighted by Crippen LogP contribution is -2.24. The maximum absolute atomic E-state index is 12.3. The van der Waals surface area contributed by atoms with Crippen molar-refractivity contribution in [1.29, 1.82) is 0 Å². The standard InChI is InChI=1S/C14H21BrN2O2S/c1-10-7-12(15)14(13(16)8-10)17-20(18,19)9-11-5-3-2-4-6-11/h7-8,11,17H,2-6,9,16H2,1H3. The van der Waals surface area contributed by atoms with E-state index < -0.39 is 10.0 Å². The summed E-state index contributed by atoms with van der Waals surface area (Å²) in [5.74, 6) is 0.457. The van der Waals surface area contributed by atoms with Crippen LogP contribution in [0.3, 0.4) is 0 Å². The molecule has 1 aliphatic carbocycles. The highest BCUT2D eigenvalue weighted by atomic mass is 79.9. The summed E-state index contributed by atoms with van der Waals surface area (Å²) in [4.78, 5) is 0. The normalized spacial score (nSPS) is 17.1. The number of hydrogen-bond donors (Lipinski definition) is 2. The maximum atomic E-state index is 12.3. The van der Waals surface area contributed by atoms with Gasteiger partial charge in [-0.25, -0.2) is 8.42 Å². The average molecular weight is 361 g/mol. The molecule has 1 fully saturated rings. The fourth-order valence-corrected chi connectivity index (χ4v) is 5.13. The second kappa shape index (κ2) is 6.35. The van der Waals surface area contributed by atoms with Crippen LogP contribution in [0.2, 0.25) is 0 Å². The van der Waals surface area contributed by atoms with Gasteiger partial charge in [0.15, 0.2) is 0 Å². The number of rotatable bonds is 4. The number of anilines is 2. The summed E-state index contributed by atoms with van der Waals surface area (Å²) in [5.41, 5.74) is 7.79. The van der Waals surface area contributed by atoms with E-state index >= 15 is 0 Å². The van der Waals surface area contributed by atoms with Crippen LogP contribution in [0.25, 0.3) is 0 Å². The van der Waals surface area contributed by atoms with Crippen molar-refractivity contribution in [1.82, 2.24) is 0 Å². The van der Waals surface area contributed by atoms with Gasteiger partial charge in [0.2, 0.25) is 10.0 Å². The molecule has 1 aliphatic rings. The SMILES string of the molecule is Cc1cc(N)c(NS(=O)(=O)CC2CCCCC2)c(Br)c1. The van der Waals surface area contributed by atoms with Gasteiger partial charge in [-0.2, -0.15) is 0 Å². The van der Waals surface area contributed by atoms with Crippen LogP contribution in [0.5, 0.6) is 0 Å². The van der Waals surface area contributed by atoms with Gasteiger partial charge in [-0.3, -0.25) is 4.72 Å². The number of nitrogens with two attached hydrogens (primary N) is 1. The Morgan fingerprint density at radius 2 is 1.95 bits per heavy atom. The van der Waals surface area contributed by atoms with E-state index in [4.69, 9.17) is 5.73 Å². The first-order valence-corrected chi connectivity index (χ1v) is 9.38. The Bertz CT molecular complexity index is 558. The molecule has 1 aromatic carbocycles. The van der Waals surface area contributed by atoms with E-state index in [1.54, 1.807) is 6.07 Å². The van der Waals surface area contributed by atoms with Gasteiger partial charge in [0.25, 0.3) is 0 Å². The van der Waals surface area contributed by atoms with Crippen molar-refractivity contribution in [3.05, 3.63) is 22.2 Å². The minimum atomic E-state index is -3.35. The van der Waals surface area contributed by atoms with Gasteiger partial charge < -0.3 is 5.73 Å². The number of benzene rings is 1. The zero-order valence-corrected chi connectivity index (χ0v) is 14.1. The van der Waals surface area contributed by atoms with Crippen molar-refractivity contribution in [2.45, 2.75) is 39.0 Å². The van der Waals surface area contributed by atoms with Gasteiger partial charge in [0.05, 0.1) is 17.1 Å². The van der Waals surface area contributed by atoms with Crippen molar-refractivity contribution in [3.63, 3.8) is 0 Å². The van der Waals surface area contributed by atoms with Gasteiger partial charge in [0.1, 0.15) is 0 Å². The first-order valence-electron chi connectivity index (χ1n) is 6.93. The summed E-state index contributed by atoms with van der Waals surface area (Å²) in [6.45, 7) is 1.92. The van der Waals surface area contributed by atoms with Crippen molar-refractivity contribution in [2.24, 2.45) is 5.92 Å². The minimum Gasteiger partial charge on any atom is -0.397 e. The van der Waals surface area contributed by atoms with E-state index in [0.717, 1.165) is 31.2 Å². The number of nitrogen functional groups attached to an aromatic ring is 1. The molecule has 2 rings (SSSR count). The van der Waals surface area contributed by atoms with Crippen molar-refractivity contribution >= 4 is 37.3 Å². The van der Waals surface area contributed by atoms with Crippen LogP contribution in [0, 0.1) is 12.8 Å². The van der Waals surface area contributed by atoms with Crippen LogP contribution in [-0.2, 0) is 10.0 Å². The first-order chi connectivity index (χ1) is 9.37. The molecule has 0 unspecified atom stereocenters. The molecule has 0 amide bonds. The predicted molar refractivity (Wildman–Crippen MR) is 87.3 cm³/mol. The molecule has 0 atom stereocenters. The first kappa shape index (κ1) is 15.6. The Kier molecular flexibility index (Phi) is 4.96. The van der Waals surface area contributed by atoms with Crippen molar-refractivity contribution in [2.75, 3.05) is 16.2 Å². The molecule has 0 aliphatic heterocycles. The highest BCUT2D eigenvalue weighted by Gasteiger charge is 2.22. The smallest absolute Gasteiger partial charge is 0.233 e. The van der Waals surface area contributed by atoms with Gasteiger partial charge in [-0.1, -0.05) is 19.3 Å². The second-order valence-corrected chi connectivity index (χ2v) is 8.22. The third kappa shape index (κ3) is 4.12. The lowest BCUT2D eigenvalue weighted by molar-refractivity contribution is 0.385. The Morgan fingerprint density at radius 1 is 1.30 bits per heavy atom. The Morgan fingerprint density at radius 3 is 2.55 bits per heavy atom. The molecule has 1 saturated carbocycles. The van der Waals surface area contributed by atoms with Gasteiger partial charge in [0, 0.05) is 4.47 Å². The fraction of sp³-hybridized carbons (Fsp3) is 0.571. The third-order valence-electron chi connectivity index (χ3n) is 3.70. The molecule has 20 heavy (non-hydrogen) atoms. The van der Waals surface area contributed by atoms with E-state index in [-0.39, 0.29) is 11.7 Å². The molecule has 4 nitrogen and oxygen atoms in total. The summed E-state index contributed by atoms with van der Waals surface area (Å²) >= 11 is 3.37. The monoisotopic (exact) mass is 360 g/mol. The molecule has 0 radical (unpaired) electrons. The van der Waals surface area contributed by atoms with E-state index in [1.165, 1.54) is 6.42 Å². The summed E-state index contributed by atoms with van der Waals surface area (Å²) in [5, 5.41) is 0. The number of hydrogen-bond acceptors (Lipinski definition) is 3. The van der Waals surface area contributed by atoms with E-state index in [0.29, 0.717) is 15.8 Å². The van der Waals surface area contributed by atoms with Crippen molar-refractivity contribution in [3.8, 4) is 0 Å². The molecule has 3 N–H and O–H groups in total. The molecule has 0 bridgehead atoms. The molecule has 0 heterocycles. The van der Waals surface area contributed by atoms with E-state index in [2.05, 4.69) is 20.7 Å². The quantitative estimate of drug-likeness (QED) is 0.804. The van der Waals surface area contributed by atoms with Crippen molar-refractivity contribution < 1.29 is 8.42 Å². The number of nitrogens with one attached hydrogen (secondary N) is 1. The molecule has 6 heteroatoms. The summed E-state index contributed by atoms with van der Waals surface area (Å²) < 4.78 is 27.9. The molecule has 1 aromatic rings. The average Bonchev–Trinajstić information content (AvgIpc) is 2.34.